The molecule has 0 spiro atoms. The third-order valence-electron chi connectivity index (χ3n) is 4.30. The SMILES string of the molecule is CO[C@H](C(=O)Nc1nnc(O[C@H]2CN(c3cccnn3)C[C@@H]2F)s1)c1ccc(Cl)s1. The summed E-state index contributed by atoms with van der Waals surface area (Å²) < 4.78 is 25.9. The van der Waals surface area contributed by atoms with Crippen molar-refractivity contribution in [2.75, 3.05) is 30.4 Å². The summed E-state index contributed by atoms with van der Waals surface area (Å²) in [6, 6.07) is 6.91. The smallest absolute Gasteiger partial charge is 0.296 e. The van der Waals surface area contributed by atoms with Crippen LogP contribution in [0.25, 0.3) is 0 Å². The molecule has 4 rings (SSSR count). The maximum absolute atomic E-state index is 14.4. The van der Waals surface area contributed by atoms with E-state index in [0.29, 0.717) is 21.6 Å². The van der Waals surface area contributed by atoms with Crippen molar-refractivity contribution in [3.63, 3.8) is 0 Å². The normalized spacial score (nSPS) is 19.6. The van der Waals surface area contributed by atoms with E-state index < -0.39 is 24.3 Å². The van der Waals surface area contributed by atoms with Gasteiger partial charge < -0.3 is 14.4 Å². The number of nitrogens with zero attached hydrogens (tertiary/aromatic N) is 5. The predicted octanol–water partition coefficient (Wildman–Crippen LogP) is 2.97. The van der Waals surface area contributed by atoms with Gasteiger partial charge in [0.2, 0.25) is 5.13 Å². The van der Waals surface area contributed by atoms with E-state index in [1.807, 2.05) is 0 Å². The fraction of sp³-hybridized carbons (Fsp3) is 0.353. The molecule has 1 amide bonds. The molecule has 1 aliphatic heterocycles. The topological polar surface area (TPSA) is 102 Å². The van der Waals surface area contributed by atoms with Gasteiger partial charge in [0, 0.05) is 18.2 Å². The van der Waals surface area contributed by atoms with E-state index in [9.17, 15) is 9.18 Å². The molecule has 0 saturated carbocycles. The maximum atomic E-state index is 14.4. The Morgan fingerprint density at radius 2 is 2.17 bits per heavy atom. The van der Waals surface area contributed by atoms with E-state index in [4.69, 9.17) is 21.1 Å². The third kappa shape index (κ3) is 4.67. The average Bonchev–Trinajstić information content (AvgIpc) is 3.45. The molecule has 30 heavy (non-hydrogen) atoms. The number of methoxy groups -OCH3 is 1. The Bertz CT molecular complexity index is 1010. The largest absolute Gasteiger partial charge is 0.461 e. The van der Waals surface area contributed by atoms with Gasteiger partial charge in [-0.25, -0.2) is 4.39 Å². The second-order valence-electron chi connectivity index (χ2n) is 6.28. The molecule has 4 heterocycles. The molecule has 158 valence electrons. The Kier molecular flexibility index (Phi) is 6.37. The molecule has 1 aliphatic rings. The molecular formula is C17H16ClFN6O3S2. The van der Waals surface area contributed by atoms with E-state index in [1.54, 1.807) is 35.4 Å². The summed E-state index contributed by atoms with van der Waals surface area (Å²) in [5, 5.41) is 18.6. The van der Waals surface area contributed by atoms with E-state index >= 15 is 0 Å². The van der Waals surface area contributed by atoms with Gasteiger partial charge in [-0.1, -0.05) is 16.7 Å². The first-order valence-electron chi connectivity index (χ1n) is 8.79. The number of hydrogen-bond acceptors (Lipinski definition) is 10. The molecule has 0 unspecified atom stereocenters. The van der Waals surface area contributed by atoms with Crippen molar-refractivity contribution in [2.24, 2.45) is 0 Å². The molecule has 1 saturated heterocycles. The fourth-order valence-corrected chi connectivity index (χ4v) is 4.71. The van der Waals surface area contributed by atoms with Gasteiger partial charge in [0.15, 0.2) is 24.2 Å². The van der Waals surface area contributed by atoms with Crippen LogP contribution < -0.4 is 15.0 Å². The lowest BCUT2D eigenvalue weighted by Crippen LogP contribution is -2.27. The molecule has 0 radical (unpaired) electrons. The van der Waals surface area contributed by atoms with Crippen LogP contribution >= 0.6 is 34.3 Å². The Balaban J connectivity index is 1.36. The lowest BCUT2D eigenvalue weighted by molar-refractivity contribution is -0.125. The Hall–Kier alpha value is -2.41. The van der Waals surface area contributed by atoms with Gasteiger partial charge >= 0.3 is 0 Å². The lowest BCUT2D eigenvalue weighted by Gasteiger charge is -2.15. The zero-order valence-electron chi connectivity index (χ0n) is 15.6. The van der Waals surface area contributed by atoms with Crippen LogP contribution in [0.2, 0.25) is 4.34 Å². The second-order valence-corrected chi connectivity index (χ2v) is 8.97. The van der Waals surface area contributed by atoms with Crippen LogP contribution in [-0.2, 0) is 9.53 Å². The van der Waals surface area contributed by atoms with Crippen molar-refractivity contribution >= 4 is 51.1 Å². The second kappa shape index (κ2) is 9.16. The van der Waals surface area contributed by atoms with Crippen LogP contribution in [0, 0.1) is 0 Å². The lowest BCUT2D eigenvalue weighted by atomic mass is 10.3. The summed E-state index contributed by atoms with van der Waals surface area (Å²) in [6.07, 6.45) is -1.24. The Morgan fingerprint density at radius 1 is 1.30 bits per heavy atom. The third-order valence-corrected chi connectivity index (χ3v) is 6.30. The number of carbonyl (C=O) groups excluding carboxylic acids is 1. The van der Waals surface area contributed by atoms with Crippen LogP contribution in [0.15, 0.2) is 30.5 Å². The molecule has 3 atom stereocenters. The molecule has 13 heteroatoms. The number of amides is 1. The number of alkyl halides is 1. The number of aromatic nitrogens is 4. The molecular weight excluding hydrogens is 455 g/mol. The highest BCUT2D eigenvalue weighted by Gasteiger charge is 2.36. The standard InChI is InChI=1S/C17H16ClFN6O3S2/c1-27-14(11-4-5-12(18)29-11)15(26)21-16-23-24-17(30-16)28-10-8-25(7-9(10)19)13-3-2-6-20-22-13/h2-6,9-10,14H,7-8H2,1H3,(H,21,23,26)/t9-,10-,14-/m0/s1. The maximum Gasteiger partial charge on any atom is 0.296 e. The van der Waals surface area contributed by atoms with E-state index in [0.717, 1.165) is 11.3 Å². The summed E-state index contributed by atoms with van der Waals surface area (Å²) in [5.41, 5.74) is 0. The van der Waals surface area contributed by atoms with Crippen LogP contribution in [0.4, 0.5) is 15.3 Å². The first kappa shape index (κ1) is 20.8. The highest BCUT2D eigenvalue weighted by atomic mass is 35.5. The van der Waals surface area contributed by atoms with Crippen LogP contribution in [-0.4, -0.2) is 58.8 Å². The average molecular weight is 471 g/mol. The number of rotatable bonds is 7. The number of carbonyl (C=O) groups is 1. The minimum absolute atomic E-state index is 0.144. The number of ether oxygens (including phenoxy) is 2. The zero-order chi connectivity index (χ0) is 21.1. The number of halogens is 2. The highest BCUT2D eigenvalue weighted by molar-refractivity contribution is 7.17. The summed E-state index contributed by atoms with van der Waals surface area (Å²) >= 11 is 8.18. The van der Waals surface area contributed by atoms with Crippen molar-refractivity contribution in [3.8, 4) is 5.19 Å². The molecule has 1 fully saturated rings. The summed E-state index contributed by atoms with van der Waals surface area (Å²) in [7, 11) is 1.43. The summed E-state index contributed by atoms with van der Waals surface area (Å²) in [4.78, 5) is 14.9. The van der Waals surface area contributed by atoms with Crippen LogP contribution in [0.3, 0.4) is 0 Å². The Labute approximate surface area is 183 Å². The minimum Gasteiger partial charge on any atom is -0.461 e. The Morgan fingerprint density at radius 3 is 2.87 bits per heavy atom. The number of nitrogens with one attached hydrogen (secondary N) is 1. The monoisotopic (exact) mass is 470 g/mol. The first-order chi connectivity index (χ1) is 14.5. The van der Waals surface area contributed by atoms with Gasteiger partial charge in [-0.2, -0.15) is 5.10 Å². The molecule has 0 aliphatic carbocycles. The number of anilines is 2. The van der Waals surface area contributed by atoms with Gasteiger partial charge in [-0.15, -0.1) is 21.5 Å². The molecule has 0 aromatic carbocycles. The quantitative estimate of drug-likeness (QED) is 0.562. The van der Waals surface area contributed by atoms with Crippen LogP contribution in [0.1, 0.15) is 11.0 Å². The zero-order valence-corrected chi connectivity index (χ0v) is 18.0. The number of thiophene rings is 1. The van der Waals surface area contributed by atoms with Gasteiger partial charge in [0.05, 0.1) is 17.4 Å². The highest BCUT2D eigenvalue weighted by Crippen LogP contribution is 2.31. The van der Waals surface area contributed by atoms with E-state index in [-0.39, 0.29) is 16.9 Å². The number of hydrogen-bond donors (Lipinski definition) is 1. The van der Waals surface area contributed by atoms with E-state index in [2.05, 4.69) is 25.7 Å². The molecule has 3 aromatic rings. The van der Waals surface area contributed by atoms with Crippen molar-refractivity contribution in [1.29, 1.82) is 0 Å². The predicted molar refractivity (Wildman–Crippen MR) is 111 cm³/mol. The van der Waals surface area contributed by atoms with Crippen molar-refractivity contribution < 1.29 is 18.7 Å². The van der Waals surface area contributed by atoms with Gasteiger partial charge in [-0.05, 0) is 35.6 Å². The van der Waals surface area contributed by atoms with Crippen LogP contribution in [0.5, 0.6) is 5.19 Å². The minimum atomic E-state index is -1.23. The molecule has 1 N–H and O–H groups in total. The first-order valence-corrected chi connectivity index (χ1v) is 10.8. The van der Waals surface area contributed by atoms with E-state index in [1.165, 1.54) is 18.4 Å². The fourth-order valence-electron chi connectivity index (χ4n) is 2.92. The summed E-state index contributed by atoms with van der Waals surface area (Å²) in [5.74, 6) is 0.160. The molecule has 9 nitrogen and oxygen atoms in total. The molecule has 3 aromatic heterocycles. The summed E-state index contributed by atoms with van der Waals surface area (Å²) in [6.45, 7) is 0.441. The van der Waals surface area contributed by atoms with Gasteiger partial charge in [-0.3, -0.25) is 10.1 Å². The van der Waals surface area contributed by atoms with Crippen molar-refractivity contribution in [2.45, 2.75) is 18.4 Å². The van der Waals surface area contributed by atoms with Crippen molar-refractivity contribution in [1.82, 2.24) is 20.4 Å². The van der Waals surface area contributed by atoms with Gasteiger partial charge in [0.1, 0.15) is 0 Å². The van der Waals surface area contributed by atoms with Gasteiger partial charge in [0.25, 0.3) is 11.1 Å². The molecule has 0 bridgehead atoms. The van der Waals surface area contributed by atoms with Crippen molar-refractivity contribution in [3.05, 3.63) is 39.7 Å².